The van der Waals surface area contributed by atoms with Crippen LogP contribution in [-0.2, 0) is 4.74 Å². The van der Waals surface area contributed by atoms with Gasteiger partial charge in [-0.25, -0.2) is 0 Å². The third-order valence-electron chi connectivity index (χ3n) is 2.52. The second-order valence-corrected chi connectivity index (χ2v) is 5.76. The zero-order valence-corrected chi connectivity index (χ0v) is 14.1. The normalized spacial score (nSPS) is 10.8. The van der Waals surface area contributed by atoms with Crippen LogP contribution in [0.15, 0.2) is 24.3 Å². The lowest BCUT2D eigenvalue weighted by Gasteiger charge is -2.13. The van der Waals surface area contributed by atoms with Gasteiger partial charge in [-0.05, 0) is 58.5 Å². The number of hydrogen-bond donors (Lipinski definition) is 2. The van der Waals surface area contributed by atoms with Gasteiger partial charge in [-0.2, -0.15) is 0 Å². The number of rotatable bonds is 8. The van der Waals surface area contributed by atoms with E-state index in [1.54, 1.807) is 0 Å². The fourth-order valence-electron chi connectivity index (χ4n) is 1.69. The van der Waals surface area contributed by atoms with Crippen LogP contribution in [0.2, 0.25) is 0 Å². The maximum Gasteiger partial charge on any atom is 0.170 e. The molecule has 0 amide bonds. The van der Waals surface area contributed by atoms with Crippen molar-refractivity contribution < 1.29 is 9.47 Å². The highest BCUT2D eigenvalue weighted by Crippen LogP contribution is 2.18. The second kappa shape index (κ2) is 9.58. The summed E-state index contributed by atoms with van der Waals surface area (Å²) in [6.07, 6.45) is 1.36. The van der Waals surface area contributed by atoms with Crippen LogP contribution < -0.4 is 15.4 Å². The Morgan fingerprint density at radius 3 is 2.62 bits per heavy atom. The molecule has 5 heteroatoms. The highest BCUT2D eigenvalue weighted by molar-refractivity contribution is 7.80. The van der Waals surface area contributed by atoms with Crippen molar-refractivity contribution >= 4 is 23.0 Å². The van der Waals surface area contributed by atoms with Crippen LogP contribution in [-0.4, -0.2) is 30.5 Å². The molecule has 0 aliphatic rings. The van der Waals surface area contributed by atoms with E-state index < -0.39 is 0 Å². The van der Waals surface area contributed by atoms with Gasteiger partial charge < -0.3 is 20.1 Å². The van der Waals surface area contributed by atoms with E-state index in [4.69, 9.17) is 21.7 Å². The van der Waals surface area contributed by atoms with Gasteiger partial charge in [0.05, 0.1) is 12.2 Å². The monoisotopic (exact) mass is 310 g/mol. The Bertz CT molecular complexity index is 436. The molecule has 21 heavy (non-hydrogen) atoms. The van der Waals surface area contributed by atoms with E-state index in [9.17, 15) is 0 Å². The van der Waals surface area contributed by atoms with Crippen LogP contribution in [0.25, 0.3) is 0 Å². The third kappa shape index (κ3) is 8.52. The van der Waals surface area contributed by atoms with Crippen molar-refractivity contribution in [1.29, 1.82) is 0 Å². The Balaban J connectivity index is 2.30. The summed E-state index contributed by atoms with van der Waals surface area (Å²) in [5, 5.41) is 6.93. The summed E-state index contributed by atoms with van der Waals surface area (Å²) >= 11 is 5.26. The van der Waals surface area contributed by atoms with Gasteiger partial charge in [0.1, 0.15) is 5.75 Å². The molecule has 0 bridgehead atoms. The first-order chi connectivity index (χ1) is 9.97. The van der Waals surface area contributed by atoms with Gasteiger partial charge in [0.15, 0.2) is 5.11 Å². The highest BCUT2D eigenvalue weighted by Gasteiger charge is 2.01. The van der Waals surface area contributed by atoms with Gasteiger partial charge in [0.25, 0.3) is 0 Å². The largest absolute Gasteiger partial charge is 0.491 e. The van der Waals surface area contributed by atoms with Crippen LogP contribution >= 0.6 is 12.2 Å². The van der Waals surface area contributed by atoms with Gasteiger partial charge >= 0.3 is 0 Å². The van der Waals surface area contributed by atoms with Gasteiger partial charge in [-0.3, -0.25) is 0 Å². The predicted octanol–water partition coefficient (Wildman–Crippen LogP) is 3.58. The lowest BCUT2D eigenvalue weighted by Crippen LogP contribution is -2.30. The lowest BCUT2D eigenvalue weighted by molar-refractivity contribution is 0.0777. The molecule has 0 aromatic heterocycles. The number of hydrogen-bond acceptors (Lipinski definition) is 3. The maximum absolute atomic E-state index is 5.65. The standard InChI is InChI=1S/C16H26N2O2S/c1-12(2)19-10-6-9-17-16(21)18-14-7-5-8-15(11-14)20-13(3)4/h5,7-8,11-13H,6,9-10H2,1-4H3,(H2,17,18,21). The molecule has 0 saturated carbocycles. The Labute approximate surface area is 133 Å². The zero-order valence-electron chi connectivity index (χ0n) is 13.3. The fraction of sp³-hybridized carbons (Fsp3) is 0.562. The molecule has 0 atom stereocenters. The first kappa shape index (κ1) is 17.7. The molecule has 118 valence electrons. The van der Waals surface area contributed by atoms with E-state index in [0.29, 0.717) is 5.11 Å². The van der Waals surface area contributed by atoms with E-state index >= 15 is 0 Å². The first-order valence-corrected chi connectivity index (χ1v) is 7.81. The molecule has 0 unspecified atom stereocenters. The van der Waals surface area contributed by atoms with Crippen molar-refractivity contribution in [3.8, 4) is 5.75 Å². The minimum absolute atomic E-state index is 0.159. The van der Waals surface area contributed by atoms with Gasteiger partial charge in [-0.15, -0.1) is 0 Å². The number of nitrogens with one attached hydrogen (secondary N) is 2. The van der Waals surface area contributed by atoms with E-state index in [1.807, 2.05) is 52.0 Å². The van der Waals surface area contributed by atoms with Crippen molar-refractivity contribution in [2.75, 3.05) is 18.5 Å². The molecule has 2 N–H and O–H groups in total. The van der Waals surface area contributed by atoms with E-state index in [2.05, 4.69) is 10.6 Å². The molecule has 0 fully saturated rings. The van der Waals surface area contributed by atoms with Gasteiger partial charge in [-0.1, -0.05) is 6.07 Å². The van der Waals surface area contributed by atoms with Crippen molar-refractivity contribution in [2.24, 2.45) is 0 Å². The van der Waals surface area contributed by atoms with Crippen molar-refractivity contribution in [2.45, 2.75) is 46.3 Å². The molecule has 1 rings (SSSR count). The van der Waals surface area contributed by atoms with E-state index in [1.165, 1.54) is 0 Å². The van der Waals surface area contributed by atoms with Gasteiger partial charge in [0, 0.05) is 24.9 Å². The van der Waals surface area contributed by atoms with E-state index in [0.717, 1.165) is 31.0 Å². The minimum Gasteiger partial charge on any atom is -0.491 e. The molecule has 1 aromatic carbocycles. The molecule has 4 nitrogen and oxygen atoms in total. The van der Waals surface area contributed by atoms with Crippen LogP contribution in [0.1, 0.15) is 34.1 Å². The summed E-state index contributed by atoms with van der Waals surface area (Å²) in [7, 11) is 0. The van der Waals surface area contributed by atoms with Crippen molar-refractivity contribution in [1.82, 2.24) is 5.32 Å². The quantitative estimate of drug-likeness (QED) is 0.567. The van der Waals surface area contributed by atoms with Crippen LogP contribution in [0, 0.1) is 0 Å². The second-order valence-electron chi connectivity index (χ2n) is 5.35. The number of benzene rings is 1. The minimum atomic E-state index is 0.159. The Morgan fingerprint density at radius 1 is 1.19 bits per heavy atom. The van der Waals surface area contributed by atoms with Crippen molar-refractivity contribution in [3.05, 3.63) is 24.3 Å². The van der Waals surface area contributed by atoms with Gasteiger partial charge in [0.2, 0.25) is 0 Å². The lowest BCUT2D eigenvalue weighted by atomic mass is 10.3. The summed E-state index contributed by atoms with van der Waals surface area (Å²) in [5.41, 5.74) is 0.920. The Kier molecular flexibility index (Phi) is 8.08. The third-order valence-corrected chi connectivity index (χ3v) is 2.77. The molecule has 0 aliphatic heterocycles. The molecule has 0 saturated heterocycles. The van der Waals surface area contributed by atoms with Crippen LogP contribution in [0.5, 0.6) is 5.75 Å². The highest BCUT2D eigenvalue weighted by atomic mass is 32.1. The predicted molar refractivity (Wildman–Crippen MR) is 92.1 cm³/mol. The summed E-state index contributed by atoms with van der Waals surface area (Å²) in [5.74, 6) is 0.836. The SMILES string of the molecule is CC(C)OCCCNC(=S)Nc1cccc(OC(C)C)c1. The molecule has 0 aliphatic carbocycles. The molecule has 0 spiro atoms. The van der Waals surface area contributed by atoms with Crippen molar-refractivity contribution in [3.63, 3.8) is 0 Å². The van der Waals surface area contributed by atoms with Crippen LogP contribution in [0.4, 0.5) is 5.69 Å². The average molecular weight is 310 g/mol. The van der Waals surface area contributed by atoms with E-state index in [-0.39, 0.29) is 12.2 Å². The Hall–Kier alpha value is -1.33. The maximum atomic E-state index is 5.65. The molecule has 0 radical (unpaired) electrons. The smallest absolute Gasteiger partial charge is 0.170 e. The number of thiocarbonyl (C=S) groups is 1. The average Bonchev–Trinajstić information content (AvgIpc) is 2.37. The Morgan fingerprint density at radius 2 is 1.95 bits per heavy atom. The molecular formula is C16H26N2O2S. The fourth-order valence-corrected chi connectivity index (χ4v) is 1.91. The molecule has 0 heterocycles. The molecule has 1 aromatic rings. The topological polar surface area (TPSA) is 42.5 Å². The first-order valence-electron chi connectivity index (χ1n) is 7.40. The zero-order chi connectivity index (χ0) is 15.7. The number of ether oxygens (including phenoxy) is 2. The summed E-state index contributed by atoms with van der Waals surface area (Å²) in [4.78, 5) is 0. The molecular weight excluding hydrogens is 284 g/mol. The summed E-state index contributed by atoms with van der Waals surface area (Å²) in [6.45, 7) is 9.61. The summed E-state index contributed by atoms with van der Waals surface area (Å²) in [6, 6.07) is 7.78. The number of anilines is 1. The van der Waals surface area contributed by atoms with Crippen LogP contribution in [0.3, 0.4) is 0 Å². The summed E-state index contributed by atoms with van der Waals surface area (Å²) < 4.78 is 11.1.